The fraction of sp³-hybridized carbons (Fsp3) is 0.357. The molecule has 1 aromatic heterocycles. The summed E-state index contributed by atoms with van der Waals surface area (Å²) in [6.45, 7) is 2.58. The molecule has 1 heterocycles. The van der Waals surface area contributed by atoms with Crippen molar-refractivity contribution < 1.29 is 8.42 Å². The molecule has 0 amide bonds. The molecule has 6 nitrogen and oxygen atoms in total. The summed E-state index contributed by atoms with van der Waals surface area (Å²) in [7, 11) is -0.279. The number of H-pyrrole nitrogens is 1. The first-order valence-corrected chi connectivity index (χ1v) is 8.09. The van der Waals surface area contributed by atoms with Crippen molar-refractivity contribution >= 4 is 10.0 Å². The van der Waals surface area contributed by atoms with Crippen LogP contribution in [0.2, 0.25) is 0 Å². The minimum Gasteiger partial charge on any atom is -0.316 e. The zero-order valence-corrected chi connectivity index (χ0v) is 13.2. The molecule has 0 bridgehead atoms. The van der Waals surface area contributed by atoms with Crippen molar-refractivity contribution in [2.24, 2.45) is 0 Å². The maximum absolute atomic E-state index is 12.7. The van der Waals surface area contributed by atoms with Crippen LogP contribution in [0.5, 0.6) is 0 Å². The SMILES string of the molecule is CNCc1c(S(=O)(=O)N(C)Cc2ccccc2)n[nH]c1C. The molecule has 2 aromatic rings. The number of aromatic nitrogens is 2. The minimum absolute atomic E-state index is 0.0905. The predicted molar refractivity (Wildman–Crippen MR) is 81.2 cm³/mol. The Morgan fingerprint density at radius 2 is 1.95 bits per heavy atom. The first-order valence-electron chi connectivity index (χ1n) is 6.65. The second-order valence-corrected chi connectivity index (χ2v) is 6.87. The molecule has 0 saturated carbocycles. The van der Waals surface area contributed by atoms with E-state index in [4.69, 9.17) is 0 Å². The summed E-state index contributed by atoms with van der Waals surface area (Å²) >= 11 is 0. The number of hydrogen-bond donors (Lipinski definition) is 2. The largest absolute Gasteiger partial charge is 0.316 e. The quantitative estimate of drug-likeness (QED) is 0.842. The first kappa shape index (κ1) is 15.7. The van der Waals surface area contributed by atoms with E-state index in [1.54, 1.807) is 14.1 Å². The maximum atomic E-state index is 12.7. The third kappa shape index (κ3) is 3.31. The monoisotopic (exact) mass is 308 g/mol. The molecule has 0 fully saturated rings. The van der Waals surface area contributed by atoms with Crippen LogP contribution in [0.15, 0.2) is 35.4 Å². The Morgan fingerprint density at radius 3 is 2.57 bits per heavy atom. The number of aromatic amines is 1. The Labute approximate surface area is 125 Å². The highest BCUT2D eigenvalue weighted by atomic mass is 32.2. The summed E-state index contributed by atoms with van der Waals surface area (Å²) in [5.41, 5.74) is 2.37. The van der Waals surface area contributed by atoms with Crippen molar-refractivity contribution in [1.29, 1.82) is 0 Å². The van der Waals surface area contributed by atoms with Crippen LogP contribution in [0.3, 0.4) is 0 Å². The molecule has 0 spiro atoms. The lowest BCUT2D eigenvalue weighted by atomic mass is 10.2. The van der Waals surface area contributed by atoms with Gasteiger partial charge in [-0.05, 0) is 19.5 Å². The second-order valence-electron chi connectivity index (χ2n) is 4.91. The van der Waals surface area contributed by atoms with Gasteiger partial charge in [0.15, 0.2) is 5.03 Å². The summed E-state index contributed by atoms with van der Waals surface area (Å²) < 4.78 is 26.6. The molecule has 0 aliphatic carbocycles. The van der Waals surface area contributed by atoms with Gasteiger partial charge in [-0.3, -0.25) is 5.10 Å². The summed E-state index contributed by atoms with van der Waals surface area (Å²) in [6.07, 6.45) is 0. The molecule has 114 valence electrons. The van der Waals surface area contributed by atoms with Crippen LogP contribution in [-0.2, 0) is 23.1 Å². The highest BCUT2D eigenvalue weighted by molar-refractivity contribution is 7.89. The van der Waals surface area contributed by atoms with Gasteiger partial charge in [0, 0.05) is 31.4 Å². The number of hydrogen-bond acceptors (Lipinski definition) is 4. The Bertz CT molecular complexity index is 695. The molecule has 2 rings (SSSR count). The molecule has 0 radical (unpaired) electrons. The van der Waals surface area contributed by atoms with E-state index in [0.29, 0.717) is 18.7 Å². The standard InChI is InChI=1S/C14H20N4O2S/c1-11-13(9-15-2)14(17-16-11)21(19,20)18(3)10-12-7-5-4-6-8-12/h4-8,15H,9-10H2,1-3H3,(H,16,17). The first-order chi connectivity index (χ1) is 9.96. The van der Waals surface area contributed by atoms with Crippen LogP contribution in [0, 0.1) is 6.92 Å². The lowest BCUT2D eigenvalue weighted by Crippen LogP contribution is -2.28. The van der Waals surface area contributed by atoms with E-state index in [1.165, 1.54) is 4.31 Å². The van der Waals surface area contributed by atoms with Gasteiger partial charge >= 0.3 is 0 Å². The Kier molecular flexibility index (Phi) is 4.76. The molecular weight excluding hydrogens is 288 g/mol. The van der Waals surface area contributed by atoms with E-state index >= 15 is 0 Å². The van der Waals surface area contributed by atoms with Crippen LogP contribution in [0.25, 0.3) is 0 Å². The van der Waals surface area contributed by atoms with E-state index in [9.17, 15) is 8.42 Å². The Hall–Kier alpha value is -1.70. The fourth-order valence-corrected chi connectivity index (χ4v) is 3.41. The van der Waals surface area contributed by atoms with Gasteiger partial charge in [-0.1, -0.05) is 30.3 Å². The number of sulfonamides is 1. The van der Waals surface area contributed by atoms with Gasteiger partial charge in [0.1, 0.15) is 0 Å². The highest BCUT2D eigenvalue weighted by Crippen LogP contribution is 2.20. The van der Waals surface area contributed by atoms with E-state index in [1.807, 2.05) is 37.3 Å². The van der Waals surface area contributed by atoms with Gasteiger partial charge in [0.05, 0.1) is 0 Å². The number of aryl methyl sites for hydroxylation is 1. The van der Waals surface area contributed by atoms with Crippen molar-refractivity contribution in [2.75, 3.05) is 14.1 Å². The molecule has 0 aliphatic rings. The maximum Gasteiger partial charge on any atom is 0.262 e. The third-order valence-corrected chi connectivity index (χ3v) is 5.07. The zero-order valence-electron chi connectivity index (χ0n) is 12.4. The summed E-state index contributed by atoms with van der Waals surface area (Å²) in [6, 6.07) is 9.48. The number of nitrogens with one attached hydrogen (secondary N) is 2. The van der Waals surface area contributed by atoms with Gasteiger partial charge in [-0.15, -0.1) is 0 Å². The van der Waals surface area contributed by atoms with Gasteiger partial charge in [0.2, 0.25) is 0 Å². The molecule has 0 aliphatic heterocycles. The molecule has 2 N–H and O–H groups in total. The van der Waals surface area contributed by atoms with Crippen molar-refractivity contribution in [1.82, 2.24) is 19.8 Å². The average molecular weight is 308 g/mol. The van der Waals surface area contributed by atoms with Gasteiger partial charge in [-0.2, -0.15) is 9.40 Å². The lowest BCUT2D eigenvalue weighted by Gasteiger charge is -2.16. The molecule has 21 heavy (non-hydrogen) atoms. The third-order valence-electron chi connectivity index (χ3n) is 3.29. The van der Waals surface area contributed by atoms with Gasteiger partial charge in [-0.25, -0.2) is 8.42 Å². The Balaban J connectivity index is 2.29. The second kappa shape index (κ2) is 6.38. The predicted octanol–water partition coefficient (Wildman–Crippen LogP) is 1.26. The van der Waals surface area contributed by atoms with Crippen LogP contribution >= 0.6 is 0 Å². The number of benzene rings is 1. The molecule has 1 aromatic carbocycles. The van der Waals surface area contributed by atoms with E-state index in [2.05, 4.69) is 15.5 Å². The molecular formula is C14H20N4O2S. The van der Waals surface area contributed by atoms with Crippen molar-refractivity contribution in [3.05, 3.63) is 47.2 Å². The normalized spacial score (nSPS) is 12.0. The van der Waals surface area contributed by atoms with Crippen molar-refractivity contribution in [3.63, 3.8) is 0 Å². The van der Waals surface area contributed by atoms with Crippen LogP contribution < -0.4 is 5.32 Å². The molecule has 0 saturated heterocycles. The van der Waals surface area contributed by atoms with Crippen molar-refractivity contribution in [3.8, 4) is 0 Å². The van der Waals surface area contributed by atoms with Crippen LogP contribution in [-0.4, -0.2) is 37.0 Å². The summed E-state index contributed by atoms with van der Waals surface area (Å²) in [4.78, 5) is 0. The Morgan fingerprint density at radius 1 is 1.29 bits per heavy atom. The average Bonchev–Trinajstić information content (AvgIpc) is 2.82. The topological polar surface area (TPSA) is 78.1 Å². The number of nitrogens with zero attached hydrogens (tertiary/aromatic N) is 2. The summed E-state index contributed by atoms with van der Waals surface area (Å²) in [5.74, 6) is 0. The lowest BCUT2D eigenvalue weighted by molar-refractivity contribution is 0.462. The van der Waals surface area contributed by atoms with Gasteiger partial charge in [0.25, 0.3) is 10.0 Å². The molecule has 0 unspecified atom stereocenters. The minimum atomic E-state index is -3.62. The number of rotatable bonds is 6. The highest BCUT2D eigenvalue weighted by Gasteiger charge is 2.27. The van der Waals surface area contributed by atoms with Crippen molar-refractivity contribution in [2.45, 2.75) is 25.0 Å². The molecule has 0 atom stereocenters. The summed E-state index contributed by atoms with van der Waals surface area (Å²) in [5, 5.41) is 9.78. The smallest absolute Gasteiger partial charge is 0.262 e. The van der Waals surface area contributed by atoms with Crippen LogP contribution in [0.4, 0.5) is 0 Å². The van der Waals surface area contributed by atoms with E-state index in [-0.39, 0.29) is 5.03 Å². The van der Waals surface area contributed by atoms with Crippen LogP contribution in [0.1, 0.15) is 16.8 Å². The fourth-order valence-electron chi connectivity index (χ4n) is 2.10. The zero-order chi connectivity index (χ0) is 15.5. The molecule has 7 heteroatoms. The van der Waals surface area contributed by atoms with E-state index < -0.39 is 10.0 Å². The van der Waals surface area contributed by atoms with Gasteiger partial charge < -0.3 is 5.32 Å². The van der Waals surface area contributed by atoms with E-state index in [0.717, 1.165) is 11.3 Å².